The van der Waals surface area contributed by atoms with Crippen LogP contribution in [0.5, 0.6) is 0 Å². The van der Waals surface area contributed by atoms with Gasteiger partial charge in [0, 0.05) is 0 Å². The van der Waals surface area contributed by atoms with Crippen LogP contribution < -0.4 is 0 Å². The summed E-state index contributed by atoms with van der Waals surface area (Å²) in [4.78, 5) is 0. The van der Waals surface area contributed by atoms with E-state index in [4.69, 9.17) is 0 Å². The van der Waals surface area contributed by atoms with Gasteiger partial charge in [-0.25, -0.2) is 4.39 Å². The van der Waals surface area contributed by atoms with Crippen molar-refractivity contribution in [3.63, 3.8) is 0 Å². The van der Waals surface area contributed by atoms with Gasteiger partial charge in [-0.15, -0.1) is 0 Å². The molecule has 0 bridgehead atoms. The monoisotopic (exact) mass is 256 g/mol. The maximum Gasteiger partial charge on any atom is 0.126 e. The molecule has 0 saturated heterocycles. The molecule has 3 rings (SSSR count). The summed E-state index contributed by atoms with van der Waals surface area (Å²) < 4.78 is 13.3. The fraction of sp³-hybridized carbons (Fsp3) is 0.294. The number of hydrogen-bond acceptors (Lipinski definition) is 1. The SMILES string of the molecule is Cc1cc(C(O)C2Cc3ccccc3C2)ccc1F. The van der Waals surface area contributed by atoms with Gasteiger partial charge in [-0.3, -0.25) is 0 Å². The predicted octanol–water partition coefficient (Wildman–Crippen LogP) is 3.58. The van der Waals surface area contributed by atoms with Crippen LogP contribution in [0.3, 0.4) is 0 Å². The molecule has 0 aromatic heterocycles. The van der Waals surface area contributed by atoms with Crippen LogP contribution in [-0.4, -0.2) is 5.11 Å². The molecule has 19 heavy (non-hydrogen) atoms. The van der Waals surface area contributed by atoms with Crippen LogP contribution in [0, 0.1) is 18.7 Å². The van der Waals surface area contributed by atoms with Crippen molar-refractivity contribution in [1.82, 2.24) is 0 Å². The van der Waals surface area contributed by atoms with E-state index in [-0.39, 0.29) is 11.7 Å². The van der Waals surface area contributed by atoms with Crippen molar-refractivity contribution in [1.29, 1.82) is 0 Å². The highest BCUT2D eigenvalue weighted by Gasteiger charge is 2.28. The largest absolute Gasteiger partial charge is 0.388 e. The lowest BCUT2D eigenvalue weighted by Crippen LogP contribution is -2.13. The van der Waals surface area contributed by atoms with Gasteiger partial charge in [0.25, 0.3) is 0 Å². The van der Waals surface area contributed by atoms with Gasteiger partial charge in [-0.2, -0.15) is 0 Å². The number of fused-ring (bicyclic) bond motifs is 1. The van der Waals surface area contributed by atoms with Gasteiger partial charge in [0.2, 0.25) is 0 Å². The fourth-order valence-electron chi connectivity index (χ4n) is 2.94. The number of rotatable bonds is 2. The number of hydrogen-bond donors (Lipinski definition) is 1. The first-order valence-corrected chi connectivity index (χ1v) is 6.66. The summed E-state index contributed by atoms with van der Waals surface area (Å²) in [5.41, 5.74) is 4.06. The first kappa shape index (κ1) is 12.4. The smallest absolute Gasteiger partial charge is 0.126 e. The van der Waals surface area contributed by atoms with E-state index >= 15 is 0 Å². The van der Waals surface area contributed by atoms with E-state index < -0.39 is 6.10 Å². The third kappa shape index (κ3) is 2.28. The van der Waals surface area contributed by atoms with Crippen molar-refractivity contribution in [2.45, 2.75) is 25.9 Å². The predicted molar refractivity (Wildman–Crippen MR) is 73.4 cm³/mol. The normalized spacial score (nSPS) is 16.4. The van der Waals surface area contributed by atoms with Gasteiger partial charge in [0.15, 0.2) is 0 Å². The van der Waals surface area contributed by atoms with Crippen molar-refractivity contribution in [3.8, 4) is 0 Å². The highest BCUT2D eigenvalue weighted by Crippen LogP contribution is 2.35. The Kier molecular flexibility index (Phi) is 3.11. The van der Waals surface area contributed by atoms with E-state index in [2.05, 4.69) is 12.1 Å². The molecule has 0 aliphatic heterocycles. The molecule has 2 aromatic rings. The molecule has 0 spiro atoms. The number of halogens is 1. The van der Waals surface area contributed by atoms with Crippen molar-refractivity contribution in [2.75, 3.05) is 0 Å². The van der Waals surface area contributed by atoms with Crippen LogP contribution in [0.2, 0.25) is 0 Å². The molecule has 0 fully saturated rings. The van der Waals surface area contributed by atoms with Crippen LogP contribution in [0.4, 0.5) is 4.39 Å². The lowest BCUT2D eigenvalue weighted by Gasteiger charge is -2.18. The second-order valence-electron chi connectivity index (χ2n) is 5.39. The minimum Gasteiger partial charge on any atom is -0.388 e. The van der Waals surface area contributed by atoms with E-state index in [1.807, 2.05) is 12.1 Å². The fourth-order valence-corrected chi connectivity index (χ4v) is 2.94. The molecule has 1 aliphatic carbocycles. The highest BCUT2D eigenvalue weighted by atomic mass is 19.1. The number of aliphatic hydroxyl groups excluding tert-OH is 1. The summed E-state index contributed by atoms with van der Waals surface area (Å²) in [5.74, 6) is -0.0204. The molecule has 0 heterocycles. The average Bonchev–Trinajstić information content (AvgIpc) is 2.85. The molecule has 1 atom stereocenters. The number of aryl methyl sites for hydroxylation is 1. The van der Waals surface area contributed by atoms with E-state index in [1.165, 1.54) is 17.2 Å². The van der Waals surface area contributed by atoms with Crippen LogP contribution in [0.25, 0.3) is 0 Å². The first-order valence-electron chi connectivity index (χ1n) is 6.66. The lowest BCUT2D eigenvalue weighted by atomic mass is 9.92. The van der Waals surface area contributed by atoms with Gasteiger partial charge in [-0.1, -0.05) is 36.4 Å². The first-order chi connectivity index (χ1) is 9.15. The molecule has 0 saturated carbocycles. The molecule has 0 amide bonds. The average molecular weight is 256 g/mol. The molecular formula is C17H17FO. The Morgan fingerprint density at radius 1 is 1.11 bits per heavy atom. The minimum absolute atomic E-state index is 0.197. The molecule has 1 unspecified atom stereocenters. The third-order valence-electron chi connectivity index (χ3n) is 4.05. The maximum atomic E-state index is 13.3. The molecule has 1 aliphatic rings. The Morgan fingerprint density at radius 3 is 2.32 bits per heavy atom. The minimum atomic E-state index is -0.522. The number of benzene rings is 2. The van der Waals surface area contributed by atoms with Crippen LogP contribution in [0.1, 0.15) is 28.4 Å². The van der Waals surface area contributed by atoms with Crippen LogP contribution in [-0.2, 0) is 12.8 Å². The Morgan fingerprint density at radius 2 is 1.74 bits per heavy atom. The summed E-state index contributed by atoms with van der Waals surface area (Å²) >= 11 is 0. The van der Waals surface area contributed by atoms with Gasteiger partial charge in [0.1, 0.15) is 5.82 Å². The summed E-state index contributed by atoms with van der Waals surface area (Å²) in [6.45, 7) is 1.73. The molecule has 1 N–H and O–H groups in total. The zero-order valence-electron chi connectivity index (χ0n) is 10.9. The lowest BCUT2D eigenvalue weighted by molar-refractivity contribution is 0.113. The summed E-state index contributed by atoms with van der Waals surface area (Å²) in [5, 5.41) is 10.5. The second-order valence-corrected chi connectivity index (χ2v) is 5.39. The summed E-state index contributed by atoms with van der Waals surface area (Å²) in [6, 6.07) is 13.2. The molecule has 98 valence electrons. The number of aliphatic hydroxyl groups is 1. The van der Waals surface area contributed by atoms with Crippen molar-refractivity contribution in [2.24, 2.45) is 5.92 Å². The van der Waals surface area contributed by atoms with Gasteiger partial charge >= 0.3 is 0 Å². The molecule has 0 radical (unpaired) electrons. The molecule has 2 heteroatoms. The standard InChI is InChI=1S/C17H17FO/c1-11-8-14(6-7-16(11)18)17(19)15-9-12-4-2-3-5-13(12)10-15/h2-8,15,17,19H,9-10H2,1H3. The zero-order valence-corrected chi connectivity index (χ0v) is 10.9. The summed E-state index contributed by atoms with van der Waals surface area (Å²) in [6.07, 6.45) is 1.27. The molecular weight excluding hydrogens is 239 g/mol. The quantitative estimate of drug-likeness (QED) is 0.870. The van der Waals surface area contributed by atoms with Gasteiger partial charge in [-0.05, 0) is 54.0 Å². The molecule has 1 nitrogen and oxygen atoms in total. The molecule has 2 aromatic carbocycles. The van der Waals surface area contributed by atoms with E-state index in [1.54, 1.807) is 19.1 Å². The van der Waals surface area contributed by atoms with E-state index in [0.29, 0.717) is 5.56 Å². The Bertz CT molecular complexity index is 581. The Balaban J connectivity index is 1.82. The Hall–Kier alpha value is -1.67. The van der Waals surface area contributed by atoms with Crippen molar-refractivity contribution >= 4 is 0 Å². The zero-order chi connectivity index (χ0) is 13.4. The van der Waals surface area contributed by atoms with Crippen LogP contribution >= 0.6 is 0 Å². The van der Waals surface area contributed by atoms with Gasteiger partial charge < -0.3 is 5.11 Å². The second kappa shape index (κ2) is 4.78. The van der Waals surface area contributed by atoms with Gasteiger partial charge in [0.05, 0.1) is 6.10 Å². The van der Waals surface area contributed by atoms with E-state index in [0.717, 1.165) is 18.4 Å². The maximum absolute atomic E-state index is 13.3. The van der Waals surface area contributed by atoms with E-state index in [9.17, 15) is 9.50 Å². The van der Waals surface area contributed by atoms with Crippen molar-refractivity contribution < 1.29 is 9.50 Å². The highest BCUT2D eigenvalue weighted by molar-refractivity contribution is 5.34. The third-order valence-corrected chi connectivity index (χ3v) is 4.05. The summed E-state index contributed by atoms with van der Waals surface area (Å²) in [7, 11) is 0. The van der Waals surface area contributed by atoms with Crippen LogP contribution in [0.15, 0.2) is 42.5 Å². The topological polar surface area (TPSA) is 20.2 Å². The Labute approximate surface area is 112 Å². The van der Waals surface area contributed by atoms with Crippen molar-refractivity contribution in [3.05, 3.63) is 70.5 Å².